The number of hydrogen-bond donors (Lipinski definition) is 0. The van der Waals surface area contributed by atoms with Crippen LogP contribution in [0.25, 0.3) is 10.8 Å². The van der Waals surface area contributed by atoms with Crippen LogP contribution in [0.1, 0.15) is 11.1 Å². The van der Waals surface area contributed by atoms with Crippen LogP contribution >= 0.6 is 11.6 Å². The maximum Gasteiger partial charge on any atom is 0.133 e. The lowest BCUT2D eigenvalue weighted by Gasteiger charge is -2.33. The third-order valence-corrected chi connectivity index (χ3v) is 5.30. The minimum atomic E-state index is -0.346. The van der Waals surface area contributed by atoms with Gasteiger partial charge in [-0.2, -0.15) is 5.10 Å². The van der Waals surface area contributed by atoms with Gasteiger partial charge in [-0.3, -0.25) is 9.91 Å². The number of fused-ring (bicyclic) bond motifs is 1. The Labute approximate surface area is 163 Å². The molecule has 3 aromatic carbocycles. The first-order valence-corrected chi connectivity index (χ1v) is 9.50. The molecule has 27 heavy (non-hydrogen) atoms. The van der Waals surface area contributed by atoms with Crippen molar-refractivity contribution in [2.24, 2.45) is 5.10 Å². The fraction of sp³-hybridized carbons (Fsp3) is 0.227. The van der Waals surface area contributed by atoms with Gasteiger partial charge in [-0.05, 0) is 28.5 Å². The molecule has 1 heterocycles. The van der Waals surface area contributed by atoms with Gasteiger partial charge < -0.3 is 0 Å². The number of piperazine rings is 1. The average molecular weight is 382 g/mol. The van der Waals surface area contributed by atoms with Gasteiger partial charge in [0.25, 0.3) is 0 Å². The van der Waals surface area contributed by atoms with E-state index < -0.39 is 0 Å². The number of benzene rings is 3. The number of hydrogen-bond acceptors (Lipinski definition) is 3. The fourth-order valence-corrected chi connectivity index (χ4v) is 3.67. The van der Waals surface area contributed by atoms with Crippen molar-refractivity contribution in [1.29, 1.82) is 0 Å². The third-order valence-electron chi connectivity index (χ3n) is 4.97. The predicted molar refractivity (Wildman–Crippen MR) is 110 cm³/mol. The van der Waals surface area contributed by atoms with Gasteiger partial charge in [-0.1, -0.05) is 60.1 Å². The quantitative estimate of drug-likeness (QED) is 0.605. The van der Waals surface area contributed by atoms with Crippen LogP contribution < -0.4 is 0 Å². The largest absolute Gasteiger partial charge is 0.295 e. The second-order valence-electron chi connectivity index (χ2n) is 6.75. The molecule has 0 aromatic heterocycles. The zero-order valence-corrected chi connectivity index (χ0v) is 15.7. The van der Waals surface area contributed by atoms with E-state index in [-0.39, 0.29) is 5.82 Å². The fourth-order valence-electron chi connectivity index (χ4n) is 3.46. The van der Waals surface area contributed by atoms with Gasteiger partial charge in [0, 0.05) is 38.3 Å². The van der Waals surface area contributed by atoms with Crippen LogP contribution in [0.5, 0.6) is 0 Å². The molecular weight excluding hydrogens is 361 g/mol. The van der Waals surface area contributed by atoms with Gasteiger partial charge in [0.05, 0.1) is 11.2 Å². The first kappa shape index (κ1) is 18.0. The number of rotatable bonds is 4. The Morgan fingerprint density at radius 1 is 0.926 bits per heavy atom. The third kappa shape index (κ3) is 4.12. The summed E-state index contributed by atoms with van der Waals surface area (Å²) in [5, 5.41) is 9.37. The van der Waals surface area contributed by atoms with Crippen molar-refractivity contribution < 1.29 is 4.39 Å². The topological polar surface area (TPSA) is 18.8 Å². The number of nitrogens with zero attached hydrogens (tertiary/aromatic N) is 3. The van der Waals surface area contributed by atoms with Crippen LogP contribution in [0.3, 0.4) is 0 Å². The molecule has 1 fully saturated rings. The van der Waals surface area contributed by atoms with Crippen molar-refractivity contribution in [3.05, 3.63) is 82.6 Å². The summed E-state index contributed by atoms with van der Waals surface area (Å²) in [5.41, 5.74) is 1.69. The Bertz CT molecular complexity index is 939. The van der Waals surface area contributed by atoms with E-state index in [0.717, 1.165) is 32.7 Å². The molecule has 0 spiro atoms. The summed E-state index contributed by atoms with van der Waals surface area (Å²) in [6.07, 6.45) is 1.53. The first-order valence-electron chi connectivity index (χ1n) is 9.12. The Morgan fingerprint density at radius 3 is 2.48 bits per heavy atom. The van der Waals surface area contributed by atoms with Crippen molar-refractivity contribution >= 4 is 28.6 Å². The second kappa shape index (κ2) is 8.07. The van der Waals surface area contributed by atoms with Crippen LogP contribution in [-0.2, 0) is 6.54 Å². The van der Waals surface area contributed by atoms with Gasteiger partial charge in [0.2, 0.25) is 0 Å². The summed E-state index contributed by atoms with van der Waals surface area (Å²) in [6.45, 7) is 4.40. The molecule has 0 unspecified atom stereocenters. The molecule has 0 N–H and O–H groups in total. The minimum Gasteiger partial charge on any atom is -0.295 e. The van der Waals surface area contributed by atoms with Crippen LogP contribution in [0.4, 0.5) is 4.39 Å². The number of halogens is 2. The lowest BCUT2D eigenvalue weighted by atomic mass is 10.0. The van der Waals surface area contributed by atoms with Gasteiger partial charge in [-0.25, -0.2) is 4.39 Å². The SMILES string of the molecule is Fc1cccc(Cl)c1/C=N\N1CCN(Cc2cccc3ccccc23)CC1. The molecule has 3 aromatic rings. The smallest absolute Gasteiger partial charge is 0.133 e. The molecule has 0 amide bonds. The average Bonchev–Trinajstić information content (AvgIpc) is 2.69. The van der Waals surface area contributed by atoms with Crippen LogP contribution in [-0.4, -0.2) is 42.3 Å². The summed E-state index contributed by atoms with van der Waals surface area (Å²) >= 11 is 6.05. The molecule has 5 heteroatoms. The van der Waals surface area contributed by atoms with E-state index in [1.54, 1.807) is 12.1 Å². The zero-order valence-electron chi connectivity index (χ0n) is 15.0. The summed E-state index contributed by atoms with van der Waals surface area (Å²) in [7, 11) is 0. The second-order valence-corrected chi connectivity index (χ2v) is 7.16. The molecule has 4 rings (SSSR count). The van der Waals surface area contributed by atoms with Gasteiger partial charge in [0.15, 0.2) is 0 Å². The van der Waals surface area contributed by atoms with Crippen molar-refractivity contribution in [2.45, 2.75) is 6.54 Å². The molecule has 3 nitrogen and oxygen atoms in total. The van der Waals surface area contributed by atoms with Gasteiger partial charge >= 0.3 is 0 Å². The molecule has 1 aliphatic rings. The highest BCUT2D eigenvalue weighted by Gasteiger charge is 2.16. The molecule has 0 bridgehead atoms. The van der Waals surface area contributed by atoms with E-state index in [2.05, 4.69) is 52.5 Å². The highest BCUT2D eigenvalue weighted by atomic mass is 35.5. The molecule has 1 saturated heterocycles. The van der Waals surface area contributed by atoms with Crippen molar-refractivity contribution in [2.75, 3.05) is 26.2 Å². The summed E-state index contributed by atoms with van der Waals surface area (Å²) < 4.78 is 13.8. The van der Waals surface area contributed by atoms with Crippen LogP contribution in [0, 0.1) is 5.82 Å². The van der Waals surface area contributed by atoms with Crippen LogP contribution in [0.15, 0.2) is 65.8 Å². The van der Waals surface area contributed by atoms with Gasteiger partial charge in [-0.15, -0.1) is 0 Å². The summed E-state index contributed by atoms with van der Waals surface area (Å²) in [6, 6.07) is 19.6. The number of hydrazone groups is 1. The summed E-state index contributed by atoms with van der Waals surface area (Å²) in [4.78, 5) is 2.43. The molecule has 0 radical (unpaired) electrons. The maximum atomic E-state index is 13.8. The first-order chi connectivity index (χ1) is 13.2. The van der Waals surface area contributed by atoms with E-state index in [1.807, 2.05) is 5.01 Å². The van der Waals surface area contributed by atoms with E-state index in [9.17, 15) is 4.39 Å². The lowest BCUT2D eigenvalue weighted by Crippen LogP contribution is -2.43. The normalized spacial score (nSPS) is 15.7. The minimum absolute atomic E-state index is 0.345. The van der Waals surface area contributed by atoms with Crippen LogP contribution in [0.2, 0.25) is 5.02 Å². The Kier molecular flexibility index (Phi) is 5.37. The highest BCUT2D eigenvalue weighted by Crippen LogP contribution is 2.21. The van der Waals surface area contributed by atoms with Crippen molar-refractivity contribution in [3.63, 3.8) is 0 Å². The van der Waals surface area contributed by atoms with E-state index in [4.69, 9.17) is 11.6 Å². The Morgan fingerprint density at radius 2 is 1.67 bits per heavy atom. The Balaban J connectivity index is 1.38. The highest BCUT2D eigenvalue weighted by molar-refractivity contribution is 6.33. The monoisotopic (exact) mass is 381 g/mol. The Hall–Kier alpha value is -2.43. The summed E-state index contributed by atoms with van der Waals surface area (Å²) in [5.74, 6) is -0.346. The molecule has 138 valence electrons. The lowest BCUT2D eigenvalue weighted by molar-refractivity contribution is 0.131. The molecular formula is C22H21ClFN3. The predicted octanol–water partition coefficient (Wildman–Crippen LogP) is 4.78. The molecule has 0 saturated carbocycles. The molecule has 0 aliphatic carbocycles. The molecule has 1 aliphatic heterocycles. The maximum absolute atomic E-state index is 13.8. The van der Waals surface area contributed by atoms with Gasteiger partial charge in [0.1, 0.15) is 5.82 Å². The standard InChI is InChI=1S/C22H21ClFN3/c23-21-9-4-10-22(24)20(21)15-25-27-13-11-26(12-14-27)16-18-7-3-6-17-5-1-2-8-19(17)18/h1-10,15H,11-14,16H2/b25-15-. The molecule has 0 atom stereocenters. The van der Waals surface area contributed by atoms with E-state index in [0.29, 0.717) is 10.6 Å². The van der Waals surface area contributed by atoms with E-state index in [1.165, 1.54) is 28.6 Å². The van der Waals surface area contributed by atoms with Crippen molar-refractivity contribution in [1.82, 2.24) is 9.91 Å². The van der Waals surface area contributed by atoms with Crippen molar-refractivity contribution in [3.8, 4) is 0 Å². The zero-order chi connectivity index (χ0) is 18.6. The van der Waals surface area contributed by atoms with E-state index >= 15 is 0 Å².